The van der Waals surface area contributed by atoms with Gasteiger partial charge in [0.15, 0.2) is 0 Å². The van der Waals surface area contributed by atoms with Crippen LogP contribution in [0.3, 0.4) is 0 Å². The maximum absolute atomic E-state index is 13.0. The van der Waals surface area contributed by atoms with Crippen molar-refractivity contribution >= 4 is 17.9 Å². The Labute approximate surface area is 209 Å². The monoisotopic (exact) mass is 488 g/mol. The molecule has 0 aromatic heterocycles. The molecular formula is C29H29FN2O4. The number of carbonyl (C=O) groups is 2. The minimum atomic E-state index is -0.482. The van der Waals surface area contributed by atoms with Gasteiger partial charge in [0, 0.05) is 18.5 Å². The van der Waals surface area contributed by atoms with Crippen LogP contribution in [0.15, 0.2) is 78.5 Å². The largest absolute Gasteiger partial charge is 0.493 e. The number of hydrogen-bond donors (Lipinski definition) is 3. The van der Waals surface area contributed by atoms with E-state index in [2.05, 4.69) is 10.6 Å². The molecule has 2 amide bonds. The highest BCUT2D eigenvalue weighted by atomic mass is 19.1. The van der Waals surface area contributed by atoms with Crippen molar-refractivity contribution in [2.45, 2.75) is 25.2 Å². The first kappa shape index (κ1) is 25.1. The summed E-state index contributed by atoms with van der Waals surface area (Å²) in [6.45, 7) is 0.289. The Bertz CT molecular complexity index is 1200. The predicted molar refractivity (Wildman–Crippen MR) is 136 cm³/mol. The smallest absolute Gasteiger partial charge is 0.267 e. The van der Waals surface area contributed by atoms with Crippen LogP contribution < -0.4 is 15.4 Å². The second kappa shape index (κ2) is 12.1. The van der Waals surface area contributed by atoms with E-state index in [9.17, 15) is 14.0 Å². The van der Waals surface area contributed by atoms with Crippen LogP contribution in [0.1, 0.15) is 45.8 Å². The van der Waals surface area contributed by atoms with Gasteiger partial charge in [0.2, 0.25) is 0 Å². The van der Waals surface area contributed by atoms with Crippen molar-refractivity contribution in [2.75, 3.05) is 19.8 Å². The molecule has 0 heterocycles. The molecular weight excluding hydrogens is 459 g/mol. The molecule has 6 nitrogen and oxygen atoms in total. The zero-order chi connectivity index (χ0) is 25.3. The number of nitrogens with one attached hydrogen (secondary N) is 2. The zero-order valence-electron chi connectivity index (χ0n) is 19.9. The van der Waals surface area contributed by atoms with Gasteiger partial charge in [-0.05, 0) is 77.9 Å². The Morgan fingerprint density at radius 3 is 2.31 bits per heavy atom. The molecule has 0 spiro atoms. The van der Waals surface area contributed by atoms with Crippen LogP contribution in [-0.2, 0) is 11.2 Å². The van der Waals surface area contributed by atoms with E-state index < -0.39 is 11.8 Å². The summed E-state index contributed by atoms with van der Waals surface area (Å²) in [5, 5.41) is 14.3. The highest BCUT2D eigenvalue weighted by molar-refractivity contribution is 6.05. The summed E-state index contributed by atoms with van der Waals surface area (Å²) in [6, 6.07) is 20.8. The van der Waals surface area contributed by atoms with E-state index in [1.807, 2.05) is 24.3 Å². The topological polar surface area (TPSA) is 87.7 Å². The number of aliphatic hydroxyl groups is 1. The van der Waals surface area contributed by atoms with Crippen LogP contribution in [0.2, 0.25) is 0 Å². The number of ether oxygens (including phenoxy) is 1. The lowest BCUT2D eigenvalue weighted by molar-refractivity contribution is -0.117. The molecule has 3 aromatic rings. The molecule has 3 N–H and O–H groups in total. The molecule has 0 saturated heterocycles. The summed E-state index contributed by atoms with van der Waals surface area (Å²) >= 11 is 0. The first-order valence-corrected chi connectivity index (χ1v) is 12.0. The Morgan fingerprint density at radius 1 is 0.972 bits per heavy atom. The average Bonchev–Trinajstić information content (AvgIpc) is 3.74. The highest BCUT2D eigenvalue weighted by Crippen LogP contribution is 2.39. The molecule has 0 atom stereocenters. The van der Waals surface area contributed by atoms with E-state index >= 15 is 0 Å². The van der Waals surface area contributed by atoms with Gasteiger partial charge in [-0.3, -0.25) is 9.59 Å². The fraction of sp³-hybridized carbons (Fsp3) is 0.241. The Morgan fingerprint density at radius 2 is 1.67 bits per heavy atom. The molecule has 0 unspecified atom stereocenters. The van der Waals surface area contributed by atoms with Crippen LogP contribution in [0.4, 0.5) is 4.39 Å². The normalized spacial score (nSPS) is 13.2. The molecule has 1 fully saturated rings. The molecule has 0 radical (unpaired) electrons. The van der Waals surface area contributed by atoms with Crippen molar-refractivity contribution in [3.8, 4) is 5.75 Å². The first-order valence-electron chi connectivity index (χ1n) is 12.0. The van der Waals surface area contributed by atoms with Crippen LogP contribution in [0.5, 0.6) is 5.75 Å². The van der Waals surface area contributed by atoms with E-state index in [4.69, 9.17) is 9.84 Å². The highest BCUT2D eigenvalue weighted by Gasteiger charge is 2.23. The molecule has 3 aromatic carbocycles. The minimum absolute atomic E-state index is 0.0800. The molecule has 1 aliphatic rings. The molecule has 1 aliphatic carbocycles. The van der Waals surface area contributed by atoms with Gasteiger partial charge in [-0.2, -0.15) is 0 Å². The standard InChI is InChI=1S/C29H29FN2O4/c30-25-11-3-20(4-12-25)15-18-36-26-13-9-24(10-14-26)28(34)32-27(29(35)31-16-17-33)19-21-1-5-22(6-2-21)23-7-8-23/h1-6,9-14,19,23,33H,7-8,15-18H2,(H,31,35)(H,32,34)/b27-19-. The van der Waals surface area contributed by atoms with Gasteiger partial charge in [0.25, 0.3) is 11.8 Å². The van der Waals surface area contributed by atoms with Gasteiger partial charge < -0.3 is 20.5 Å². The fourth-order valence-electron chi connectivity index (χ4n) is 3.71. The number of rotatable bonds is 11. The molecule has 186 valence electrons. The number of amides is 2. The molecule has 7 heteroatoms. The van der Waals surface area contributed by atoms with E-state index in [0.717, 1.165) is 11.1 Å². The zero-order valence-corrected chi connectivity index (χ0v) is 19.9. The third kappa shape index (κ3) is 7.26. The molecule has 0 bridgehead atoms. The van der Waals surface area contributed by atoms with Gasteiger partial charge in [-0.1, -0.05) is 36.4 Å². The van der Waals surface area contributed by atoms with Crippen LogP contribution in [0, 0.1) is 5.82 Å². The first-order chi connectivity index (χ1) is 17.5. The lowest BCUT2D eigenvalue weighted by atomic mass is 10.1. The van der Waals surface area contributed by atoms with Crippen molar-refractivity contribution in [1.82, 2.24) is 10.6 Å². The second-order valence-corrected chi connectivity index (χ2v) is 8.68. The molecule has 36 heavy (non-hydrogen) atoms. The van der Waals surface area contributed by atoms with Gasteiger partial charge in [-0.25, -0.2) is 4.39 Å². The van der Waals surface area contributed by atoms with Crippen molar-refractivity contribution in [1.29, 1.82) is 0 Å². The summed E-state index contributed by atoms with van der Waals surface area (Å²) in [4.78, 5) is 25.5. The molecule has 4 rings (SSSR count). The summed E-state index contributed by atoms with van der Waals surface area (Å²) in [5.74, 6) is 0.0342. The van der Waals surface area contributed by atoms with Gasteiger partial charge in [0.05, 0.1) is 13.2 Å². The van der Waals surface area contributed by atoms with Crippen molar-refractivity contribution < 1.29 is 23.8 Å². The predicted octanol–water partition coefficient (Wildman–Crippen LogP) is 4.20. The maximum Gasteiger partial charge on any atom is 0.267 e. The minimum Gasteiger partial charge on any atom is -0.493 e. The summed E-state index contributed by atoms with van der Waals surface area (Å²) in [5.41, 5.74) is 3.49. The van der Waals surface area contributed by atoms with Gasteiger partial charge in [0.1, 0.15) is 17.3 Å². The third-order valence-electron chi connectivity index (χ3n) is 5.88. The van der Waals surface area contributed by atoms with Crippen LogP contribution in [0.25, 0.3) is 6.08 Å². The number of carbonyl (C=O) groups excluding carboxylic acids is 2. The summed E-state index contributed by atoms with van der Waals surface area (Å²) in [6.07, 6.45) is 4.66. The van der Waals surface area contributed by atoms with Crippen molar-refractivity contribution in [3.63, 3.8) is 0 Å². The number of benzene rings is 3. The Kier molecular flexibility index (Phi) is 8.47. The number of aliphatic hydroxyl groups excluding tert-OH is 1. The SMILES string of the molecule is O=C(NCCO)/C(=C/c1ccc(C2CC2)cc1)NC(=O)c1ccc(OCCc2ccc(F)cc2)cc1. The van der Waals surface area contributed by atoms with Crippen molar-refractivity contribution in [2.24, 2.45) is 0 Å². The lowest BCUT2D eigenvalue weighted by Gasteiger charge is -2.12. The Hall–Kier alpha value is -3.97. The Balaban J connectivity index is 1.38. The van der Waals surface area contributed by atoms with Crippen LogP contribution in [-0.4, -0.2) is 36.7 Å². The van der Waals surface area contributed by atoms with Gasteiger partial charge >= 0.3 is 0 Å². The fourth-order valence-corrected chi connectivity index (χ4v) is 3.71. The van der Waals surface area contributed by atoms with E-state index in [1.54, 1.807) is 42.5 Å². The lowest BCUT2D eigenvalue weighted by Crippen LogP contribution is -2.36. The summed E-state index contributed by atoms with van der Waals surface area (Å²) < 4.78 is 18.7. The average molecular weight is 489 g/mol. The molecule has 0 aliphatic heterocycles. The second-order valence-electron chi connectivity index (χ2n) is 8.68. The van der Waals surface area contributed by atoms with Gasteiger partial charge in [-0.15, -0.1) is 0 Å². The maximum atomic E-state index is 13.0. The van der Waals surface area contributed by atoms with Crippen molar-refractivity contribution in [3.05, 3.63) is 107 Å². The quantitative estimate of drug-likeness (QED) is 0.353. The van der Waals surface area contributed by atoms with E-state index in [0.29, 0.717) is 30.3 Å². The van der Waals surface area contributed by atoms with Crippen LogP contribution >= 0.6 is 0 Å². The summed E-state index contributed by atoms with van der Waals surface area (Å²) in [7, 11) is 0. The van der Waals surface area contributed by atoms with E-state index in [1.165, 1.54) is 30.5 Å². The number of hydrogen-bond acceptors (Lipinski definition) is 4. The number of halogens is 1. The molecule has 1 saturated carbocycles. The third-order valence-corrected chi connectivity index (χ3v) is 5.88. The van der Waals surface area contributed by atoms with E-state index in [-0.39, 0.29) is 24.7 Å².